The molecule has 0 spiro atoms. The molecule has 1 atom stereocenters. The Labute approximate surface area is 172 Å². The first-order chi connectivity index (χ1) is 13.3. The predicted octanol–water partition coefficient (Wildman–Crippen LogP) is 5.48. The van der Waals surface area contributed by atoms with Crippen LogP contribution in [-0.2, 0) is 9.53 Å². The van der Waals surface area contributed by atoms with Crippen LogP contribution in [0.1, 0.15) is 72.6 Å². The summed E-state index contributed by atoms with van der Waals surface area (Å²) in [4.78, 5) is 14.8. The molecular weight excluding hydrogens is 348 g/mol. The fourth-order valence-corrected chi connectivity index (χ4v) is 3.48. The minimum absolute atomic E-state index is 0.258. The summed E-state index contributed by atoms with van der Waals surface area (Å²) < 4.78 is 5.54. The summed E-state index contributed by atoms with van der Waals surface area (Å²) in [6, 6.07) is 0. The van der Waals surface area contributed by atoms with Crippen LogP contribution in [0.3, 0.4) is 0 Å². The summed E-state index contributed by atoms with van der Waals surface area (Å²) in [6.07, 6.45) is 9.27. The van der Waals surface area contributed by atoms with Gasteiger partial charge in [-0.2, -0.15) is 0 Å². The second kappa shape index (κ2) is 12.5. The van der Waals surface area contributed by atoms with Crippen molar-refractivity contribution in [2.45, 2.75) is 72.6 Å². The molecule has 0 aromatic heterocycles. The summed E-state index contributed by atoms with van der Waals surface area (Å²) in [5.41, 5.74) is 10.7. The van der Waals surface area contributed by atoms with Gasteiger partial charge in [0.2, 0.25) is 0 Å². The van der Waals surface area contributed by atoms with Crippen molar-refractivity contribution in [2.24, 2.45) is 11.7 Å². The van der Waals surface area contributed by atoms with Gasteiger partial charge in [0.25, 0.3) is 0 Å². The van der Waals surface area contributed by atoms with Gasteiger partial charge in [0.1, 0.15) is 5.70 Å². The summed E-state index contributed by atoms with van der Waals surface area (Å²) in [5.74, 6) is 0.0367. The standard InChI is InChI=1S/C24H40N2O2/c1-7-9-11-20(8-2)17-28-24(27)23(25)21-12-10-13-22(14-21)26(15-18(3)4)16-19(5)6/h14,20H,3,5,7-13,15-17,25H2,1-2,4,6H3/b23-21+. The molecule has 1 aliphatic carbocycles. The Morgan fingerprint density at radius 1 is 1.21 bits per heavy atom. The number of esters is 1. The SMILES string of the molecule is C=C(C)CN(CC(=C)C)C1=C/C(=C(/N)C(=O)OCC(CC)CCCC)CCC1. The van der Waals surface area contributed by atoms with Crippen LogP contribution in [0.25, 0.3) is 0 Å². The van der Waals surface area contributed by atoms with E-state index in [0.29, 0.717) is 12.5 Å². The van der Waals surface area contributed by atoms with Crippen molar-refractivity contribution in [1.29, 1.82) is 0 Å². The molecule has 4 heteroatoms. The van der Waals surface area contributed by atoms with Gasteiger partial charge in [-0.25, -0.2) is 4.79 Å². The van der Waals surface area contributed by atoms with Gasteiger partial charge in [0.15, 0.2) is 0 Å². The predicted molar refractivity (Wildman–Crippen MR) is 119 cm³/mol. The van der Waals surface area contributed by atoms with E-state index in [9.17, 15) is 4.79 Å². The highest BCUT2D eigenvalue weighted by Gasteiger charge is 2.20. The molecule has 0 saturated carbocycles. The first kappa shape index (κ1) is 24.1. The lowest BCUT2D eigenvalue weighted by Crippen LogP contribution is -2.28. The van der Waals surface area contributed by atoms with Crippen molar-refractivity contribution in [2.75, 3.05) is 19.7 Å². The number of nitrogens with two attached hydrogens (primary N) is 1. The van der Waals surface area contributed by atoms with Gasteiger partial charge in [-0.15, -0.1) is 0 Å². The Kier molecular flexibility index (Phi) is 10.7. The lowest BCUT2D eigenvalue weighted by Gasteiger charge is -2.31. The zero-order valence-electron chi connectivity index (χ0n) is 18.5. The van der Waals surface area contributed by atoms with Crippen LogP contribution in [0, 0.1) is 5.92 Å². The largest absolute Gasteiger partial charge is 0.461 e. The average Bonchev–Trinajstić information content (AvgIpc) is 2.66. The third-order valence-electron chi connectivity index (χ3n) is 5.11. The minimum Gasteiger partial charge on any atom is -0.461 e. The lowest BCUT2D eigenvalue weighted by molar-refractivity contribution is -0.140. The maximum absolute atomic E-state index is 12.5. The molecule has 0 aromatic carbocycles. The number of unbranched alkanes of at least 4 members (excludes halogenated alkanes) is 1. The second-order valence-corrected chi connectivity index (χ2v) is 8.21. The molecule has 4 nitrogen and oxygen atoms in total. The number of rotatable bonds is 12. The third-order valence-corrected chi connectivity index (χ3v) is 5.11. The van der Waals surface area contributed by atoms with Crippen LogP contribution >= 0.6 is 0 Å². The number of nitrogens with zero attached hydrogens (tertiary/aromatic N) is 1. The molecule has 0 amide bonds. The van der Waals surface area contributed by atoms with Gasteiger partial charge in [0, 0.05) is 18.8 Å². The maximum Gasteiger partial charge on any atom is 0.354 e. The highest BCUT2D eigenvalue weighted by atomic mass is 16.5. The Morgan fingerprint density at radius 2 is 1.86 bits per heavy atom. The van der Waals surface area contributed by atoms with Crippen molar-refractivity contribution in [3.05, 3.63) is 47.3 Å². The maximum atomic E-state index is 12.5. The van der Waals surface area contributed by atoms with Crippen LogP contribution in [-0.4, -0.2) is 30.6 Å². The van der Waals surface area contributed by atoms with E-state index >= 15 is 0 Å². The molecule has 1 aliphatic rings. The number of allylic oxidation sites excluding steroid dienone is 3. The Morgan fingerprint density at radius 3 is 2.39 bits per heavy atom. The number of hydrogen-bond donors (Lipinski definition) is 1. The van der Waals surface area contributed by atoms with Crippen molar-refractivity contribution >= 4 is 5.97 Å². The first-order valence-electron chi connectivity index (χ1n) is 10.7. The molecule has 1 rings (SSSR count). The zero-order chi connectivity index (χ0) is 21.1. The molecule has 0 radical (unpaired) electrons. The molecule has 0 heterocycles. The molecule has 1 unspecified atom stereocenters. The van der Waals surface area contributed by atoms with E-state index in [2.05, 4.69) is 38.0 Å². The number of carbonyl (C=O) groups is 1. The fourth-order valence-electron chi connectivity index (χ4n) is 3.48. The van der Waals surface area contributed by atoms with Crippen molar-refractivity contribution in [3.63, 3.8) is 0 Å². The normalized spacial score (nSPS) is 16.8. The quantitative estimate of drug-likeness (QED) is 0.273. The molecule has 0 aromatic rings. The van der Waals surface area contributed by atoms with E-state index < -0.39 is 0 Å². The molecule has 158 valence electrons. The number of carbonyl (C=O) groups excluding carboxylic acids is 1. The van der Waals surface area contributed by atoms with E-state index in [1.807, 2.05) is 13.8 Å². The van der Waals surface area contributed by atoms with Gasteiger partial charge in [0.05, 0.1) is 6.61 Å². The molecule has 2 N–H and O–H groups in total. The first-order valence-corrected chi connectivity index (χ1v) is 10.7. The minimum atomic E-state index is -0.381. The van der Waals surface area contributed by atoms with Gasteiger partial charge >= 0.3 is 5.97 Å². The topological polar surface area (TPSA) is 55.6 Å². The average molecular weight is 389 g/mol. The van der Waals surface area contributed by atoms with Crippen LogP contribution in [0.2, 0.25) is 0 Å². The smallest absolute Gasteiger partial charge is 0.354 e. The summed E-state index contributed by atoms with van der Waals surface area (Å²) in [6.45, 7) is 18.5. The van der Waals surface area contributed by atoms with Gasteiger partial charge in [-0.1, -0.05) is 57.4 Å². The van der Waals surface area contributed by atoms with Crippen molar-refractivity contribution in [1.82, 2.24) is 4.90 Å². The van der Waals surface area contributed by atoms with Gasteiger partial charge < -0.3 is 15.4 Å². The highest BCUT2D eigenvalue weighted by molar-refractivity contribution is 5.89. The highest BCUT2D eigenvalue weighted by Crippen LogP contribution is 2.27. The Bertz CT molecular complexity index is 600. The second-order valence-electron chi connectivity index (χ2n) is 8.21. The molecule has 0 bridgehead atoms. The molecule has 0 aliphatic heterocycles. The van der Waals surface area contributed by atoms with Crippen LogP contribution in [0.4, 0.5) is 0 Å². The van der Waals surface area contributed by atoms with E-state index in [1.54, 1.807) is 0 Å². The summed E-state index contributed by atoms with van der Waals surface area (Å²) >= 11 is 0. The molecule has 0 fully saturated rings. The third kappa shape index (κ3) is 8.37. The van der Waals surface area contributed by atoms with Gasteiger partial charge in [-0.05, 0) is 57.1 Å². The Hall–Kier alpha value is -1.97. The van der Waals surface area contributed by atoms with Gasteiger partial charge in [-0.3, -0.25) is 0 Å². The lowest BCUT2D eigenvalue weighted by atomic mass is 9.96. The molecular formula is C24H40N2O2. The molecule has 28 heavy (non-hydrogen) atoms. The van der Waals surface area contributed by atoms with Crippen LogP contribution < -0.4 is 5.73 Å². The van der Waals surface area contributed by atoms with Crippen molar-refractivity contribution < 1.29 is 9.53 Å². The zero-order valence-corrected chi connectivity index (χ0v) is 18.5. The van der Waals surface area contributed by atoms with E-state index in [1.165, 1.54) is 12.1 Å². The monoisotopic (exact) mass is 388 g/mol. The van der Waals surface area contributed by atoms with Crippen molar-refractivity contribution in [3.8, 4) is 0 Å². The Balaban J connectivity index is 2.87. The van der Waals surface area contributed by atoms with E-state index in [-0.39, 0.29) is 11.7 Å². The summed E-state index contributed by atoms with van der Waals surface area (Å²) in [5, 5.41) is 0. The van der Waals surface area contributed by atoms with Crippen LogP contribution in [0.15, 0.2) is 47.3 Å². The number of ether oxygens (including phenoxy) is 1. The molecule has 0 saturated heterocycles. The fraction of sp³-hybridized carbons (Fsp3) is 0.625. The van der Waals surface area contributed by atoms with E-state index in [0.717, 1.165) is 68.3 Å². The number of hydrogen-bond acceptors (Lipinski definition) is 4. The van der Waals surface area contributed by atoms with Crippen LogP contribution in [0.5, 0.6) is 0 Å². The summed E-state index contributed by atoms with van der Waals surface area (Å²) in [7, 11) is 0. The van der Waals surface area contributed by atoms with E-state index in [4.69, 9.17) is 10.5 Å².